The summed E-state index contributed by atoms with van der Waals surface area (Å²) < 4.78 is 116. The zero-order chi connectivity index (χ0) is 43.1. The van der Waals surface area contributed by atoms with Crippen molar-refractivity contribution in [2.45, 2.75) is 53.3 Å². The van der Waals surface area contributed by atoms with Gasteiger partial charge in [0.2, 0.25) is 0 Å². The summed E-state index contributed by atoms with van der Waals surface area (Å²) in [6.07, 6.45) is -6.92. The van der Waals surface area contributed by atoms with Gasteiger partial charge >= 0.3 is 24.5 Å². The minimum atomic E-state index is -4.36. The molecule has 4 aromatic rings. The van der Waals surface area contributed by atoms with E-state index in [9.17, 15) is 44.3 Å². The number of benzene rings is 4. The highest BCUT2D eigenvalue weighted by Crippen LogP contribution is 2.31. The Labute approximate surface area is 352 Å². The van der Waals surface area contributed by atoms with Crippen LogP contribution in [0.5, 0.6) is 11.5 Å². The lowest BCUT2D eigenvalue weighted by Gasteiger charge is -2.17. The van der Waals surface area contributed by atoms with Gasteiger partial charge in [0, 0.05) is 38.0 Å². The fraction of sp³-hybridized carbons (Fsp3) is 0.395. The number of amides is 2. The van der Waals surface area contributed by atoms with Crippen molar-refractivity contribution >= 4 is 22.3 Å². The molecule has 0 bridgehead atoms. The monoisotopic (exact) mass is 886 g/mol. The predicted molar refractivity (Wildman–Crippen MR) is 217 cm³/mol. The van der Waals surface area contributed by atoms with E-state index in [1.807, 2.05) is 60.7 Å². The minimum Gasteiger partial charge on any atom is -0.508 e. The van der Waals surface area contributed by atoms with Crippen molar-refractivity contribution in [3.05, 3.63) is 131 Å². The number of likely N-dealkylation sites (tertiary alicyclic amines) is 2. The lowest BCUT2D eigenvalue weighted by atomic mass is 10.1. The number of hydrogen-bond donors (Lipinski definition) is 1. The lowest BCUT2D eigenvalue weighted by molar-refractivity contribution is -0.138. The molecule has 2 aliphatic rings. The highest BCUT2D eigenvalue weighted by molar-refractivity contribution is 7.85. The highest BCUT2D eigenvalue weighted by Gasteiger charge is 2.32. The van der Waals surface area contributed by atoms with Gasteiger partial charge in [-0.2, -0.15) is 34.8 Å². The molecule has 336 valence electrons. The van der Waals surface area contributed by atoms with Crippen LogP contribution < -0.4 is 4.74 Å². The second-order valence-corrected chi connectivity index (χ2v) is 15.3. The molecule has 2 amide bonds. The van der Waals surface area contributed by atoms with Crippen LogP contribution >= 0.6 is 0 Å². The van der Waals surface area contributed by atoms with Gasteiger partial charge in [-0.05, 0) is 72.5 Å². The Kier molecular flexibility index (Phi) is 20.4. The first kappa shape index (κ1) is 51.7. The van der Waals surface area contributed by atoms with Crippen LogP contribution in [-0.2, 0) is 49.3 Å². The summed E-state index contributed by atoms with van der Waals surface area (Å²) in [6, 6.07) is 27.2. The van der Waals surface area contributed by atoms with Crippen LogP contribution in [0.2, 0.25) is 0 Å². The predicted octanol–water partition coefficient (Wildman–Crippen LogP) is 10.0. The molecule has 0 spiro atoms. The molecule has 18 heteroatoms. The van der Waals surface area contributed by atoms with Gasteiger partial charge in [-0.25, -0.2) is 9.59 Å². The first-order valence-corrected chi connectivity index (χ1v) is 20.1. The third kappa shape index (κ3) is 18.8. The molecular weight excluding hydrogens is 835 g/mol. The van der Waals surface area contributed by atoms with E-state index in [4.69, 9.17) is 23.5 Å². The van der Waals surface area contributed by atoms with Crippen molar-refractivity contribution in [1.82, 2.24) is 9.80 Å². The van der Waals surface area contributed by atoms with E-state index >= 15 is 0 Å². The Bertz CT molecular complexity index is 2000. The van der Waals surface area contributed by atoms with Gasteiger partial charge < -0.3 is 29.1 Å². The molecular formula is C43H52F6N2O9S. The number of aromatic hydroxyl groups is 1. The van der Waals surface area contributed by atoms with Crippen molar-refractivity contribution in [3.63, 3.8) is 0 Å². The topological polar surface area (TPSA) is 132 Å². The number of phenolic OH excluding ortho intramolecular Hbond substituents is 1. The van der Waals surface area contributed by atoms with Crippen LogP contribution in [0.3, 0.4) is 0 Å². The Morgan fingerprint density at radius 1 is 0.639 bits per heavy atom. The third-order valence-electron chi connectivity index (χ3n) is 8.88. The fourth-order valence-corrected chi connectivity index (χ4v) is 6.15. The molecule has 0 aliphatic carbocycles. The van der Waals surface area contributed by atoms with Gasteiger partial charge in [-0.15, -0.1) is 0 Å². The van der Waals surface area contributed by atoms with E-state index in [0.29, 0.717) is 38.5 Å². The molecule has 2 aliphatic heterocycles. The number of nitrogens with zero attached hydrogens (tertiary/aromatic N) is 2. The average Bonchev–Trinajstić information content (AvgIpc) is 3.89. The molecule has 6 rings (SSSR count). The van der Waals surface area contributed by atoms with Gasteiger partial charge in [0.1, 0.15) is 24.7 Å². The van der Waals surface area contributed by atoms with Crippen LogP contribution in [-0.4, -0.2) is 81.2 Å². The molecule has 2 saturated heterocycles. The average molecular weight is 887 g/mol. The van der Waals surface area contributed by atoms with Crippen LogP contribution in [0.25, 0.3) is 0 Å². The van der Waals surface area contributed by atoms with E-state index in [2.05, 4.69) is 0 Å². The Morgan fingerprint density at radius 2 is 1.03 bits per heavy atom. The number of carbonyl (C=O) groups excluding carboxylic acids is 2. The Hall–Kier alpha value is -5.49. The Balaban J connectivity index is 0.000000335. The maximum Gasteiger partial charge on any atom is 0.416 e. The van der Waals surface area contributed by atoms with Gasteiger partial charge in [0.25, 0.3) is 10.1 Å². The molecule has 2 fully saturated rings. The second-order valence-electron chi connectivity index (χ2n) is 13.6. The smallest absolute Gasteiger partial charge is 0.416 e. The molecule has 0 saturated carbocycles. The maximum absolute atomic E-state index is 12.6. The quantitative estimate of drug-likeness (QED) is 0.122. The van der Waals surface area contributed by atoms with Crippen molar-refractivity contribution in [2.24, 2.45) is 11.8 Å². The zero-order valence-corrected chi connectivity index (χ0v) is 32.7. The third-order valence-corrected chi connectivity index (χ3v) is 9.44. The van der Waals surface area contributed by atoms with Gasteiger partial charge in [0.05, 0.1) is 30.6 Å². The van der Waals surface area contributed by atoms with Crippen LogP contribution in [0, 0.1) is 11.8 Å². The molecule has 61 heavy (non-hydrogen) atoms. The molecule has 2 atom stereocenters. The van der Waals surface area contributed by atoms with E-state index in [1.165, 1.54) is 12.1 Å². The van der Waals surface area contributed by atoms with Crippen molar-refractivity contribution in [1.29, 1.82) is 0 Å². The van der Waals surface area contributed by atoms with E-state index < -0.39 is 33.6 Å². The number of rotatable bonds is 10. The molecule has 0 radical (unpaired) electrons. The number of carbonyl (C=O) groups is 2. The number of halogens is 6. The zero-order valence-electron chi connectivity index (χ0n) is 31.9. The Morgan fingerprint density at radius 3 is 1.43 bits per heavy atom. The largest absolute Gasteiger partial charge is 0.508 e. The summed E-state index contributed by atoms with van der Waals surface area (Å²) in [4.78, 5) is 27.2. The summed E-state index contributed by atoms with van der Waals surface area (Å²) >= 11 is 0. The summed E-state index contributed by atoms with van der Waals surface area (Å²) in [7, 11) is -3.43. The lowest BCUT2D eigenvalue weighted by Crippen LogP contribution is -2.30. The number of hydrogen-bond acceptors (Lipinski definition) is 9. The summed E-state index contributed by atoms with van der Waals surface area (Å²) in [6.45, 7) is 3.02. The van der Waals surface area contributed by atoms with Crippen LogP contribution in [0.1, 0.15) is 49.9 Å². The van der Waals surface area contributed by atoms with Gasteiger partial charge in [-0.1, -0.05) is 75.5 Å². The van der Waals surface area contributed by atoms with Gasteiger partial charge in [-0.3, -0.25) is 4.18 Å². The van der Waals surface area contributed by atoms with Crippen LogP contribution in [0.15, 0.2) is 109 Å². The molecule has 2 heterocycles. The SMILES string of the molecule is C.C.CS(=O)(=O)OC[C@H]1CCN(C(=O)OCc2ccccc2)C1.O=C(OCc1ccccc1)N1CC[C@H](COc2ccc(C(F)(F)F)cc2)C1.Oc1ccc(C(F)(F)F)cc1. The number of alkyl halides is 6. The van der Waals surface area contributed by atoms with E-state index in [1.54, 1.807) is 9.80 Å². The van der Waals surface area contributed by atoms with Crippen molar-refractivity contribution in [3.8, 4) is 11.5 Å². The molecule has 1 N–H and O–H groups in total. The summed E-state index contributed by atoms with van der Waals surface area (Å²) in [5.41, 5.74) is 0.396. The minimum absolute atomic E-state index is 0. The highest BCUT2D eigenvalue weighted by atomic mass is 32.2. The number of phenols is 1. The molecule has 0 aromatic heterocycles. The molecule has 11 nitrogen and oxygen atoms in total. The van der Waals surface area contributed by atoms with Crippen LogP contribution in [0.4, 0.5) is 35.9 Å². The normalized spacial score (nSPS) is 16.0. The van der Waals surface area contributed by atoms with Crippen molar-refractivity contribution < 1.29 is 67.8 Å². The maximum atomic E-state index is 12.6. The fourth-order valence-electron chi connectivity index (χ4n) is 5.71. The first-order chi connectivity index (χ1) is 27.9. The molecule has 4 aromatic carbocycles. The standard InChI is InChI=1S/C20H20F3NO3.C14H19NO5S.C7H5F3O.2CH4/c21-20(22,23)17-6-8-18(9-7-17)26-14-16-10-11-24(12-16)19(25)27-13-15-4-2-1-3-5-15;1-21(17,18)20-11-13-7-8-15(9-13)14(16)19-10-12-5-3-2-4-6-12;8-7(9,10)5-1-3-6(11)4-2-5;;/h1-9,16H,10-14H2;2-6,13H,7-11H2,1H3;1-4,11H;2*1H4/t16-;13-;;;/m00.../s1. The summed E-state index contributed by atoms with van der Waals surface area (Å²) in [5.74, 6) is 0.367. The number of ether oxygens (including phenoxy) is 3. The van der Waals surface area contributed by atoms with Crippen molar-refractivity contribution in [2.75, 3.05) is 45.6 Å². The summed E-state index contributed by atoms with van der Waals surface area (Å²) in [5, 5.41) is 8.66. The first-order valence-electron chi connectivity index (χ1n) is 18.3. The van der Waals surface area contributed by atoms with E-state index in [0.717, 1.165) is 66.6 Å². The van der Waals surface area contributed by atoms with Gasteiger partial charge in [0.15, 0.2) is 0 Å². The molecule has 0 unspecified atom stereocenters. The second kappa shape index (κ2) is 24.1. The van der Waals surface area contributed by atoms with E-state index in [-0.39, 0.29) is 64.4 Å².